The molecule has 82 valence electrons. The van der Waals surface area contributed by atoms with Crippen LogP contribution in [0.25, 0.3) is 11.3 Å². The third kappa shape index (κ3) is 2.16. The lowest BCUT2D eigenvalue weighted by atomic mass is 10.1. The summed E-state index contributed by atoms with van der Waals surface area (Å²) in [7, 11) is 0. The van der Waals surface area contributed by atoms with Gasteiger partial charge in [-0.25, -0.2) is 14.4 Å². The minimum absolute atomic E-state index is 0.326. The van der Waals surface area contributed by atoms with Crippen molar-refractivity contribution in [2.24, 2.45) is 0 Å². The second kappa shape index (κ2) is 4.70. The molecular formula is C12H12FN3. The van der Waals surface area contributed by atoms with E-state index in [1.807, 2.05) is 37.3 Å². The van der Waals surface area contributed by atoms with Crippen LogP contribution >= 0.6 is 0 Å². The Kier molecular flexibility index (Phi) is 3.10. The van der Waals surface area contributed by atoms with Crippen LogP contribution < -0.4 is 5.32 Å². The van der Waals surface area contributed by atoms with E-state index in [1.54, 1.807) is 0 Å². The van der Waals surface area contributed by atoms with Gasteiger partial charge in [0.15, 0.2) is 5.82 Å². The Bertz CT molecular complexity index is 471. The topological polar surface area (TPSA) is 37.8 Å². The summed E-state index contributed by atoms with van der Waals surface area (Å²) in [5.41, 5.74) is 1.08. The maximum Gasteiger partial charge on any atom is 0.223 e. The molecule has 0 aliphatic heterocycles. The molecule has 0 aliphatic rings. The lowest BCUT2D eigenvalue weighted by molar-refractivity contribution is 0.618. The van der Waals surface area contributed by atoms with Crippen LogP contribution in [0, 0.1) is 5.82 Å². The Morgan fingerprint density at radius 2 is 2.00 bits per heavy atom. The zero-order valence-electron chi connectivity index (χ0n) is 8.94. The summed E-state index contributed by atoms with van der Waals surface area (Å²) in [6.07, 6.45) is 1.19. The number of nitrogens with zero attached hydrogens (tertiary/aromatic N) is 2. The second-order valence-corrected chi connectivity index (χ2v) is 3.29. The van der Waals surface area contributed by atoms with Gasteiger partial charge in [-0.05, 0) is 6.92 Å². The van der Waals surface area contributed by atoms with Gasteiger partial charge >= 0.3 is 0 Å². The molecule has 1 aromatic carbocycles. The van der Waals surface area contributed by atoms with Crippen LogP contribution in [0.3, 0.4) is 0 Å². The Morgan fingerprint density at radius 1 is 1.25 bits per heavy atom. The van der Waals surface area contributed by atoms with E-state index in [-0.39, 0.29) is 0 Å². The first kappa shape index (κ1) is 10.5. The molecule has 2 aromatic rings. The van der Waals surface area contributed by atoms with Crippen molar-refractivity contribution in [2.75, 3.05) is 11.9 Å². The standard InChI is InChI=1S/C12H12FN3/c1-2-14-12-15-8-10(13)11(16-12)9-6-4-3-5-7-9/h3-8H,2H2,1H3,(H,14,15,16). The SMILES string of the molecule is CCNc1ncc(F)c(-c2ccccc2)n1. The van der Waals surface area contributed by atoms with E-state index in [4.69, 9.17) is 0 Å². The highest BCUT2D eigenvalue weighted by Gasteiger charge is 2.08. The lowest BCUT2D eigenvalue weighted by Crippen LogP contribution is -2.03. The fourth-order valence-electron chi connectivity index (χ4n) is 1.41. The molecular weight excluding hydrogens is 205 g/mol. The zero-order valence-corrected chi connectivity index (χ0v) is 8.94. The van der Waals surface area contributed by atoms with E-state index < -0.39 is 5.82 Å². The van der Waals surface area contributed by atoms with Crippen LogP contribution in [-0.4, -0.2) is 16.5 Å². The fraction of sp³-hybridized carbons (Fsp3) is 0.167. The van der Waals surface area contributed by atoms with Gasteiger partial charge in [-0.2, -0.15) is 0 Å². The molecule has 0 fully saturated rings. The van der Waals surface area contributed by atoms with Gasteiger partial charge in [0.2, 0.25) is 5.95 Å². The summed E-state index contributed by atoms with van der Waals surface area (Å²) in [6, 6.07) is 9.23. The molecule has 0 saturated carbocycles. The maximum atomic E-state index is 13.5. The Labute approximate surface area is 93.4 Å². The third-order valence-electron chi connectivity index (χ3n) is 2.13. The van der Waals surface area contributed by atoms with E-state index in [9.17, 15) is 4.39 Å². The molecule has 0 amide bonds. The maximum absolute atomic E-state index is 13.5. The van der Waals surface area contributed by atoms with Crippen LogP contribution in [0.1, 0.15) is 6.92 Å². The molecule has 0 atom stereocenters. The molecule has 1 N–H and O–H groups in total. The number of rotatable bonds is 3. The average Bonchev–Trinajstić information content (AvgIpc) is 2.33. The van der Waals surface area contributed by atoms with E-state index in [1.165, 1.54) is 6.20 Å². The first-order valence-corrected chi connectivity index (χ1v) is 5.13. The Balaban J connectivity index is 2.43. The number of aromatic nitrogens is 2. The molecule has 0 saturated heterocycles. The van der Waals surface area contributed by atoms with Crippen molar-refractivity contribution >= 4 is 5.95 Å². The second-order valence-electron chi connectivity index (χ2n) is 3.29. The first-order valence-electron chi connectivity index (χ1n) is 5.13. The van der Waals surface area contributed by atoms with Crippen molar-refractivity contribution in [1.82, 2.24) is 9.97 Å². The van der Waals surface area contributed by atoms with Gasteiger partial charge in [0.1, 0.15) is 5.69 Å². The molecule has 4 heteroatoms. The predicted molar refractivity (Wildman–Crippen MR) is 61.6 cm³/mol. The van der Waals surface area contributed by atoms with Crippen molar-refractivity contribution in [3.8, 4) is 11.3 Å². The minimum Gasteiger partial charge on any atom is -0.354 e. The molecule has 0 unspecified atom stereocenters. The van der Waals surface area contributed by atoms with Gasteiger partial charge < -0.3 is 5.32 Å². The molecule has 2 rings (SSSR count). The van der Waals surface area contributed by atoms with Crippen molar-refractivity contribution in [3.63, 3.8) is 0 Å². The van der Waals surface area contributed by atoms with Gasteiger partial charge in [-0.1, -0.05) is 30.3 Å². The largest absolute Gasteiger partial charge is 0.354 e. The van der Waals surface area contributed by atoms with Crippen LogP contribution in [0.4, 0.5) is 10.3 Å². The van der Waals surface area contributed by atoms with E-state index in [0.29, 0.717) is 18.2 Å². The summed E-state index contributed by atoms with van der Waals surface area (Å²) in [6.45, 7) is 2.65. The minimum atomic E-state index is -0.409. The highest BCUT2D eigenvalue weighted by atomic mass is 19.1. The van der Waals surface area contributed by atoms with Gasteiger partial charge in [-0.3, -0.25) is 0 Å². The smallest absolute Gasteiger partial charge is 0.223 e. The molecule has 16 heavy (non-hydrogen) atoms. The number of hydrogen-bond acceptors (Lipinski definition) is 3. The summed E-state index contributed by atoms with van der Waals surface area (Å²) in [5.74, 6) is 0.0376. The van der Waals surface area contributed by atoms with Crippen molar-refractivity contribution in [1.29, 1.82) is 0 Å². The summed E-state index contributed by atoms with van der Waals surface area (Å²) in [5, 5.41) is 2.96. The number of benzene rings is 1. The molecule has 0 spiro atoms. The Morgan fingerprint density at radius 3 is 2.69 bits per heavy atom. The highest BCUT2D eigenvalue weighted by Crippen LogP contribution is 2.20. The number of halogens is 1. The lowest BCUT2D eigenvalue weighted by Gasteiger charge is -2.05. The van der Waals surface area contributed by atoms with Crippen molar-refractivity contribution < 1.29 is 4.39 Å². The number of hydrogen-bond donors (Lipinski definition) is 1. The quantitative estimate of drug-likeness (QED) is 0.859. The van der Waals surface area contributed by atoms with E-state index in [2.05, 4.69) is 15.3 Å². The predicted octanol–water partition coefficient (Wildman–Crippen LogP) is 2.71. The number of nitrogens with one attached hydrogen (secondary N) is 1. The monoisotopic (exact) mass is 217 g/mol. The molecule has 0 radical (unpaired) electrons. The van der Waals surface area contributed by atoms with Crippen molar-refractivity contribution in [3.05, 3.63) is 42.3 Å². The van der Waals surface area contributed by atoms with Crippen LogP contribution in [0.2, 0.25) is 0 Å². The molecule has 1 heterocycles. The average molecular weight is 217 g/mol. The Hall–Kier alpha value is -1.97. The van der Waals surface area contributed by atoms with Gasteiger partial charge in [0.25, 0.3) is 0 Å². The van der Waals surface area contributed by atoms with E-state index in [0.717, 1.165) is 5.56 Å². The number of anilines is 1. The molecule has 3 nitrogen and oxygen atoms in total. The summed E-state index contributed by atoms with van der Waals surface area (Å²) < 4.78 is 13.5. The van der Waals surface area contributed by atoms with Gasteiger partial charge in [0.05, 0.1) is 6.20 Å². The van der Waals surface area contributed by atoms with Crippen molar-refractivity contribution in [2.45, 2.75) is 6.92 Å². The zero-order chi connectivity index (χ0) is 11.4. The highest BCUT2D eigenvalue weighted by molar-refractivity contribution is 5.60. The van der Waals surface area contributed by atoms with Crippen LogP contribution in [0.15, 0.2) is 36.5 Å². The summed E-state index contributed by atoms with van der Waals surface area (Å²) in [4.78, 5) is 7.99. The third-order valence-corrected chi connectivity index (χ3v) is 2.13. The van der Waals surface area contributed by atoms with Crippen LogP contribution in [-0.2, 0) is 0 Å². The molecule has 1 aromatic heterocycles. The van der Waals surface area contributed by atoms with Crippen LogP contribution in [0.5, 0.6) is 0 Å². The normalized spacial score (nSPS) is 10.1. The summed E-state index contributed by atoms with van der Waals surface area (Å²) >= 11 is 0. The van der Waals surface area contributed by atoms with E-state index >= 15 is 0 Å². The first-order chi connectivity index (χ1) is 7.81. The fourth-order valence-corrected chi connectivity index (χ4v) is 1.41. The van der Waals surface area contributed by atoms with Gasteiger partial charge in [0, 0.05) is 12.1 Å². The van der Waals surface area contributed by atoms with Gasteiger partial charge in [-0.15, -0.1) is 0 Å². The molecule has 0 aliphatic carbocycles. The molecule has 0 bridgehead atoms.